The maximum atomic E-state index is 10.3. The molecule has 0 aliphatic rings. The SMILES string of the molecule is O=S(=O)(O)c1cnccn1. The second kappa shape index (κ2) is 2.31. The molecule has 1 heterocycles. The molecule has 0 aromatic carbocycles. The maximum Gasteiger partial charge on any atom is 0.313 e. The minimum atomic E-state index is -4.18. The Hall–Kier alpha value is -1.01. The summed E-state index contributed by atoms with van der Waals surface area (Å²) in [6.45, 7) is 0. The third-order valence-electron chi connectivity index (χ3n) is 0.804. The van der Waals surface area contributed by atoms with Crippen LogP contribution in [-0.4, -0.2) is 22.9 Å². The molecule has 0 bridgehead atoms. The lowest BCUT2D eigenvalue weighted by atomic mass is 10.8. The second-order valence-corrected chi connectivity index (χ2v) is 2.89. The zero-order valence-electron chi connectivity index (χ0n) is 4.80. The number of hydrogen-bond acceptors (Lipinski definition) is 4. The summed E-state index contributed by atoms with van der Waals surface area (Å²) in [6, 6.07) is 0. The van der Waals surface area contributed by atoms with Gasteiger partial charge in [-0.15, -0.1) is 0 Å². The summed E-state index contributed by atoms with van der Waals surface area (Å²) in [4.78, 5) is 6.80. The Morgan fingerprint density at radius 1 is 1.40 bits per heavy atom. The molecular formula is C4H4N2O3S. The minimum Gasteiger partial charge on any atom is -0.281 e. The van der Waals surface area contributed by atoms with Crippen LogP contribution in [-0.2, 0) is 10.1 Å². The monoisotopic (exact) mass is 160 g/mol. The molecule has 0 unspecified atom stereocenters. The van der Waals surface area contributed by atoms with Crippen LogP contribution in [0.5, 0.6) is 0 Å². The normalized spacial score (nSPS) is 11.3. The lowest BCUT2D eigenvalue weighted by Crippen LogP contribution is -2.00. The molecule has 0 aliphatic heterocycles. The molecule has 0 spiro atoms. The van der Waals surface area contributed by atoms with Gasteiger partial charge in [-0.2, -0.15) is 8.42 Å². The van der Waals surface area contributed by atoms with E-state index in [1.165, 1.54) is 12.4 Å². The van der Waals surface area contributed by atoms with E-state index in [4.69, 9.17) is 4.55 Å². The molecule has 1 aromatic rings. The molecule has 1 rings (SSSR count). The summed E-state index contributed by atoms with van der Waals surface area (Å²) < 4.78 is 28.9. The predicted molar refractivity (Wildman–Crippen MR) is 31.8 cm³/mol. The van der Waals surface area contributed by atoms with Crippen molar-refractivity contribution in [2.45, 2.75) is 5.03 Å². The molecule has 54 valence electrons. The van der Waals surface area contributed by atoms with Gasteiger partial charge in [0.05, 0.1) is 6.20 Å². The molecule has 0 saturated carbocycles. The van der Waals surface area contributed by atoms with E-state index in [9.17, 15) is 8.42 Å². The van der Waals surface area contributed by atoms with Gasteiger partial charge in [-0.3, -0.25) is 9.54 Å². The van der Waals surface area contributed by atoms with E-state index in [-0.39, 0.29) is 0 Å². The van der Waals surface area contributed by atoms with E-state index in [1.807, 2.05) is 0 Å². The molecule has 0 saturated heterocycles. The van der Waals surface area contributed by atoms with Crippen molar-refractivity contribution < 1.29 is 13.0 Å². The topological polar surface area (TPSA) is 80.2 Å². The van der Waals surface area contributed by atoms with Crippen LogP contribution in [0.2, 0.25) is 0 Å². The molecule has 0 atom stereocenters. The lowest BCUT2D eigenvalue weighted by molar-refractivity contribution is 0.478. The second-order valence-electron chi connectivity index (χ2n) is 1.52. The van der Waals surface area contributed by atoms with Crippen LogP contribution < -0.4 is 0 Å². The summed E-state index contributed by atoms with van der Waals surface area (Å²) in [5.74, 6) is 0. The van der Waals surface area contributed by atoms with Gasteiger partial charge in [0, 0.05) is 12.4 Å². The standard InChI is InChI=1S/C4H4N2O3S/c7-10(8,9)4-3-5-1-2-6-4/h1-3H,(H,7,8,9). The summed E-state index contributed by atoms with van der Waals surface area (Å²) in [5, 5.41) is -0.435. The van der Waals surface area contributed by atoms with E-state index in [0.29, 0.717) is 0 Å². The van der Waals surface area contributed by atoms with Crippen LogP contribution in [0.3, 0.4) is 0 Å². The molecule has 6 heteroatoms. The first-order chi connectivity index (χ1) is 4.61. The predicted octanol–water partition coefficient (Wildman–Crippen LogP) is -0.277. The zero-order chi connectivity index (χ0) is 7.61. The quantitative estimate of drug-likeness (QED) is 0.571. The van der Waals surface area contributed by atoms with Gasteiger partial charge in [-0.05, 0) is 0 Å². The van der Waals surface area contributed by atoms with E-state index in [2.05, 4.69) is 9.97 Å². The van der Waals surface area contributed by atoms with Gasteiger partial charge in [0.1, 0.15) is 0 Å². The highest BCUT2D eigenvalue weighted by Gasteiger charge is 2.09. The third kappa shape index (κ3) is 1.49. The fraction of sp³-hybridized carbons (Fsp3) is 0. The van der Waals surface area contributed by atoms with Crippen molar-refractivity contribution in [3.8, 4) is 0 Å². The van der Waals surface area contributed by atoms with Gasteiger partial charge in [0.15, 0.2) is 0 Å². The Morgan fingerprint density at radius 2 is 2.10 bits per heavy atom. The summed E-state index contributed by atoms with van der Waals surface area (Å²) in [7, 11) is -4.18. The van der Waals surface area contributed by atoms with Crippen molar-refractivity contribution in [2.75, 3.05) is 0 Å². The van der Waals surface area contributed by atoms with Gasteiger partial charge in [0.2, 0.25) is 5.03 Å². The number of nitrogens with zero attached hydrogens (tertiary/aromatic N) is 2. The van der Waals surface area contributed by atoms with Crippen molar-refractivity contribution >= 4 is 10.1 Å². The van der Waals surface area contributed by atoms with Crippen LogP contribution in [0, 0.1) is 0 Å². The van der Waals surface area contributed by atoms with E-state index in [1.54, 1.807) is 0 Å². The zero-order valence-corrected chi connectivity index (χ0v) is 5.61. The van der Waals surface area contributed by atoms with Crippen LogP contribution >= 0.6 is 0 Å². The summed E-state index contributed by atoms with van der Waals surface area (Å²) in [5.41, 5.74) is 0. The number of rotatable bonds is 1. The van der Waals surface area contributed by atoms with Gasteiger partial charge in [-0.25, -0.2) is 4.98 Å². The first-order valence-corrected chi connectivity index (χ1v) is 3.78. The molecule has 10 heavy (non-hydrogen) atoms. The van der Waals surface area contributed by atoms with Crippen molar-refractivity contribution in [1.29, 1.82) is 0 Å². The highest BCUT2D eigenvalue weighted by molar-refractivity contribution is 7.85. The van der Waals surface area contributed by atoms with E-state index < -0.39 is 15.1 Å². The van der Waals surface area contributed by atoms with Gasteiger partial charge in [-0.1, -0.05) is 0 Å². The van der Waals surface area contributed by atoms with Crippen LogP contribution in [0.4, 0.5) is 0 Å². The highest BCUT2D eigenvalue weighted by atomic mass is 32.2. The first-order valence-electron chi connectivity index (χ1n) is 2.34. The fourth-order valence-corrected chi connectivity index (χ4v) is 0.807. The molecule has 0 amide bonds. The third-order valence-corrected chi connectivity index (χ3v) is 1.54. The summed E-state index contributed by atoms with van der Waals surface area (Å²) >= 11 is 0. The minimum absolute atomic E-state index is 0.435. The number of aromatic nitrogens is 2. The van der Waals surface area contributed by atoms with Crippen LogP contribution in [0.15, 0.2) is 23.6 Å². The fourth-order valence-electron chi connectivity index (χ4n) is 0.419. The molecule has 5 nitrogen and oxygen atoms in total. The Kier molecular flexibility index (Phi) is 1.64. The van der Waals surface area contributed by atoms with Gasteiger partial charge >= 0.3 is 10.1 Å². The van der Waals surface area contributed by atoms with Gasteiger partial charge in [0.25, 0.3) is 0 Å². The Morgan fingerprint density at radius 3 is 2.40 bits per heavy atom. The van der Waals surface area contributed by atoms with E-state index in [0.717, 1.165) is 6.20 Å². The smallest absolute Gasteiger partial charge is 0.281 e. The Balaban J connectivity index is 3.22. The molecule has 1 aromatic heterocycles. The Bertz CT molecular complexity index is 307. The lowest BCUT2D eigenvalue weighted by Gasteiger charge is -1.90. The molecule has 0 radical (unpaired) electrons. The van der Waals surface area contributed by atoms with Crippen molar-refractivity contribution in [2.24, 2.45) is 0 Å². The van der Waals surface area contributed by atoms with Crippen molar-refractivity contribution in [3.05, 3.63) is 18.6 Å². The molecule has 0 aliphatic carbocycles. The van der Waals surface area contributed by atoms with Crippen molar-refractivity contribution in [1.82, 2.24) is 9.97 Å². The Labute approximate surface area is 57.5 Å². The van der Waals surface area contributed by atoms with Gasteiger partial charge < -0.3 is 0 Å². The average Bonchev–Trinajstić information content (AvgIpc) is 1.88. The van der Waals surface area contributed by atoms with Crippen LogP contribution in [0.25, 0.3) is 0 Å². The molecule has 1 N–H and O–H groups in total. The first kappa shape index (κ1) is 7.10. The summed E-state index contributed by atoms with van der Waals surface area (Å²) in [6.07, 6.45) is 3.47. The average molecular weight is 160 g/mol. The van der Waals surface area contributed by atoms with Crippen molar-refractivity contribution in [3.63, 3.8) is 0 Å². The molecule has 0 fully saturated rings. The highest BCUT2D eigenvalue weighted by Crippen LogP contribution is 1.98. The van der Waals surface area contributed by atoms with Crippen LogP contribution in [0.1, 0.15) is 0 Å². The van der Waals surface area contributed by atoms with E-state index >= 15 is 0 Å². The largest absolute Gasteiger partial charge is 0.313 e. The molecular weight excluding hydrogens is 156 g/mol. The maximum absolute atomic E-state index is 10.3. The number of hydrogen-bond donors (Lipinski definition) is 1.